The van der Waals surface area contributed by atoms with Crippen molar-refractivity contribution in [1.29, 1.82) is 0 Å². The fraction of sp³-hybridized carbons (Fsp3) is 0.333. The molecule has 1 aliphatic heterocycles. The van der Waals surface area contributed by atoms with Crippen LogP contribution in [0.5, 0.6) is 0 Å². The van der Waals surface area contributed by atoms with E-state index in [1.807, 2.05) is 0 Å². The predicted molar refractivity (Wildman–Crippen MR) is 110 cm³/mol. The minimum absolute atomic E-state index is 0.0328. The van der Waals surface area contributed by atoms with Crippen LogP contribution in [0.4, 0.5) is 13.2 Å². The molecule has 0 saturated carbocycles. The lowest BCUT2D eigenvalue weighted by atomic mass is 10.0. The van der Waals surface area contributed by atoms with Crippen molar-refractivity contribution in [1.82, 2.24) is 9.29 Å². The Morgan fingerprint density at radius 3 is 2.69 bits per heavy atom. The molecule has 0 radical (unpaired) electrons. The first-order valence-electron chi connectivity index (χ1n) is 9.63. The zero-order chi connectivity index (χ0) is 23.5. The van der Waals surface area contributed by atoms with E-state index in [-0.39, 0.29) is 30.5 Å². The van der Waals surface area contributed by atoms with E-state index in [0.717, 1.165) is 22.5 Å². The second-order valence-corrected chi connectivity index (χ2v) is 9.06. The molecule has 1 aromatic heterocycles. The Bertz CT molecular complexity index is 1130. The highest BCUT2D eigenvalue weighted by Crippen LogP contribution is 2.36. The van der Waals surface area contributed by atoms with Crippen LogP contribution < -0.4 is 0 Å². The second-order valence-electron chi connectivity index (χ2n) is 7.01. The molecule has 32 heavy (non-hydrogen) atoms. The van der Waals surface area contributed by atoms with E-state index in [0.29, 0.717) is 18.2 Å². The summed E-state index contributed by atoms with van der Waals surface area (Å²) in [4.78, 5) is 15.2. The molecule has 1 aliphatic rings. The van der Waals surface area contributed by atoms with E-state index in [4.69, 9.17) is 9.47 Å². The van der Waals surface area contributed by atoms with Gasteiger partial charge in [-0.15, -0.1) is 0 Å². The smallest absolute Gasteiger partial charge is 0.416 e. The monoisotopic (exact) mass is 470 g/mol. The van der Waals surface area contributed by atoms with Crippen molar-refractivity contribution in [2.45, 2.75) is 24.1 Å². The van der Waals surface area contributed by atoms with Gasteiger partial charge in [0.05, 0.1) is 35.5 Å². The lowest BCUT2D eigenvalue weighted by molar-refractivity contribution is -0.138. The van der Waals surface area contributed by atoms with E-state index in [9.17, 15) is 26.4 Å². The van der Waals surface area contributed by atoms with Gasteiger partial charge in [-0.25, -0.2) is 13.2 Å². The van der Waals surface area contributed by atoms with Gasteiger partial charge < -0.3 is 9.47 Å². The van der Waals surface area contributed by atoms with Crippen LogP contribution in [-0.4, -0.2) is 56.6 Å². The molecule has 1 atom stereocenters. The predicted octanol–water partition coefficient (Wildman–Crippen LogP) is 3.36. The fourth-order valence-corrected chi connectivity index (χ4v) is 4.20. The number of halogens is 3. The number of epoxide rings is 1. The summed E-state index contributed by atoms with van der Waals surface area (Å²) in [5.74, 6) is -0.626. The highest BCUT2D eigenvalue weighted by atomic mass is 32.2. The van der Waals surface area contributed by atoms with Crippen LogP contribution in [0.15, 0.2) is 47.5 Å². The van der Waals surface area contributed by atoms with Crippen molar-refractivity contribution in [2.24, 2.45) is 0 Å². The van der Waals surface area contributed by atoms with Gasteiger partial charge in [-0.3, -0.25) is 4.98 Å². The Hall–Kier alpha value is -2.76. The molecule has 0 spiro atoms. The van der Waals surface area contributed by atoms with Crippen molar-refractivity contribution >= 4 is 22.1 Å². The van der Waals surface area contributed by atoms with Gasteiger partial charge in [-0.05, 0) is 37.3 Å². The third kappa shape index (κ3) is 5.72. The van der Waals surface area contributed by atoms with Crippen molar-refractivity contribution in [3.05, 3.63) is 53.7 Å². The zero-order valence-corrected chi connectivity index (χ0v) is 18.1. The Morgan fingerprint density at radius 2 is 2.06 bits per heavy atom. The number of nitrogens with zero attached hydrogens (tertiary/aromatic N) is 2. The maximum Gasteiger partial charge on any atom is 0.416 e. The first kappa shape index (κ1) is 23.9. The van der Waals surface area contributed by atoms with Crippen LogP contribution in [-0.2, 0) is 30.5 Å². The topological polar surface area (TPSA) is 89.1 Å². The van der Waals surface area contributed by atoms with Gasteiger partial charge in [-0.1, -0.05) is 6.07 Å². The van der Waals surface area contributed by atoms with Gasteiger partial charge in [-0.2, -0.15) is 17.5 Å². The number of aromatic nitrogens is 1. The SMILES string of the molecule is CCOC(=O)/C=C/c1cccnc1-c1cc(C(F)(F)F)cc(S(=O)(=O)N(C)CC2CO2)c1. The highest BCUT2D eigenvalue weighted by molar-refractivity contribution is 7.89. The van der Waals surface area contributed by atoms with E-state index >= 15 is 0 Å². The van der Waals surface area contributed by atoms with Crippen molar-refractivity contribution in [3.63, 3.8) is 0 Å². The van der Waals surface area contributed by atoms with Crippen molar-refractivity contribution < 1.29 is 35.9 Å². The van der Waals surface area contributed by atoms with Gasteiger partial charge in [0.2, 0.25) is 10.0 Å². The number of likely N-dealkylation sites (N-methyl/N-ethyl adjacent to an activating group) is 1. The summed E-state index contributed by atoms with van der Waals surface area (Å²) in [6.07, 6.45) is -1.21. The number of benzene rings is 1. The van der Waals surface area contributed by atoms with E-state index in [1.165, 1.54) is 19.3 Å². The maximum absolute atomic E-state index is 13.6. The number of hydrogen-bond donors (Lipinski definition) is 0. The number of pyridine rings is 1. The van der Waals surface area contributed by atoms with Crippen molar-refractivity contribution in [3.8, 4) is 11.3 Å². The summed E-state index contributed by atoms with van der Waals surface area (Å²) in [7, 11) is -2.94. The quantitative estimate of drug-likeness (QED) is 0.334. The number of sulfonamides is 1. The molecule has 1 unspecified atom stereocenters. The number of ether oxygens (including phenoxy) is 2. The highest BCUT2D eigenvalue weighted by Gasteiger charge is 2.35. The zero-order valence-electron chi connectivity index (χ0n) is 17.3. The van der Waals surface area contributed by atoms with Crippen LogP contribution in [0.3, 0.4) is 0 Å². The maximum atomic E-state index is 13.6. The summed E-state index contributed by atoms with van der Waals surface area (Å²) in [6, 6.07) is 5.65. The molecule has 3 rings (SSSR count). The van der Waals surface area contributed by atoms with Gasteiger partial charge in [0, 0.05) is 37.0 Å². The van der Waals surface area contributed by atoms with Crippen molar-refractivity contribution in [2.75, 3.05) is 26.8 Å². The minimum atomic E-state index is -4.78. The van der Waals surface area contributed by atoms with Crippen LogP contribution in [0, 0.1) is 0 Å². The summed E-state index contributed by atoms with van der Waals surface area (Å²) < 4.78 is 77.4. The Balaban J connectivity index is 2.09. The first-order chi connectivity index (χ1) is 15.0. The largest absolute Gasteiger partial charge is 0.463 e. The lowest BCUT2D eigenvalue weighted by Crippen LogP contribution is -2.30. The van der Waals surface area contributed by atoms with E-state index in [1.54, 1.807) is 19.1 Å². The van der Waals surface area contributed by atoms with E-state index in [2.05, 4.69) is 4.98 Å². The molecule has 11 heteroatoms. The van der Waals surface area contributed by atoms with Crippen LogP contribution in [0.2, 0.25) is 0 Å². The Morgan fingerprint density at radius 1 is 1.34 bits per heavy atom. The summed E-state index contributed by atoms with van der Waals surface area (Å²) in [5.41, 5.74) is -0.777. The van der Waals surface area contributed by atoms with Gasteiger partial charge in [0.25, 0.3) is 0 Å². The molecule has 1 saturated heterocycles. The molecule has 2 aromatic rings. The number of rotatable bonds is 8. The number of esters is 1. The van der Waals surface area contributed by atoms with Crippen LogP contribution in [0.25, 0.3) is 17.3 Å². The van der Waals surface area contributed by atoms with E-state index < -0.39 is 32.6 Å². The molecular formula is C21H21F3N2O5S. The number of carbonyl (C=O) groups is 1. The first-order valence-corrected chi connectivity index (χ1v) is 11.1. The average Bonchev–Trinajstić information content (AvgIpc) is 3.55. The molecule has 0 aliphatic carbocycles. The lowest BCUT2D eigenvalue weighted by Gasteiger charge is -2.18. The van der Waals surface area contributed by atoms with Crippen LogP contribution in [0.1, 0.15) is 18.1 Å². The third-order valence-electron chi connectivity index (χ3n) is 4.60. The Kier molecular flexibility index (Phi) is 7.01. The average molecular weight is 470 g/mol. The molecule has 1 fully saturated rings. The molecule has 0 N–H and O–H groups in total. The van der Waals surface area contributed by atoms with Gasteiger partial charge >= 0.3 is 12.1 Å². The second kappa shape index (κ2) is 9.39. The minimum Gasteiger partial charge on any atom is -0.463 e. The molecular weight excluding hydrogens is 449 g/mol. The number of alkyl halides is 3. The molecule has 0 bridgehead atoms. The number of hydrogen-bond acceptors (Lipinski definition) is 6. The third-order valence-corrected chi connectivity index (χ3v) is 6.40. The summed E-state index contributed by atoms with van der Waals surface area (Å²) >= 11 is 0. The summed E-state index contributed by atoms with van der Waals surface area (Å²) in [5, 5.41) is 0. The molecule has 7 nitrogen and oxygen atoms in total. The fourth-order valence-electron chi connectivity index (χ4n) is 2.93. The van der Waals surface area contributed by atoms with Gasteiger partial charge in [0.15, 0.2) is 0 Å². The summed E-state index contributed by atoms with van der Waals surface area (Å²) in [6.45, 7) is 2.23. The van der Waals surface area contributed by atoms with Crippen LogP contribution >= 0.6 is 0 Å². The molecule has 172 valence electrons. The molecule has 2 heterocycles. The normalized spacial score (nSPS) is 16.5. The molecule has 1 aromatic carbocycles. The Labute approximate surface area is 183 Å². The number of carbonyl (C=O) groups excluding carboxylic acids is 1. The molecule has 0 amide bonds. The standard InChI is InChI=1S/C21H21F3N2O5S/c1-3-30-19(27)7-6-14-5-4-8-25-20(14)15-9-16(21(22,23)24)11-18(10-15)32(28,29)26(2)12-17-13-31-17/h4-11,17H,3,12-13H2,1-2H3/b7-6+. The van der Waals surface area contributed by atoms with Gasteiger partial charge in [0.1, 0.15) is 0 Å².